The molecule has 1 amide bonds. The van der Waals surface area contributed by atoms with Crippen molar-refractivity contribution in [2.75, 3.05) is 12.3 Å². The Hall–Kier alpha value is -2.54. The highest BCUT2D eigenvalue weighted by atomic mass is 32.2. The summed E-state index contributed by atoms with van der Waals surface area (Å²) in [5, 5.41) is 12.2. The first-order chi connectivity index (χ1) is 13.4. The third-order valence-electron chi connectivity index (χ3n) is 4.33. The molecule has 1 N–H and O–H groups in total. The average molecular weight is 399 g/mol. The third kappa shape index (κ3) is 4.84. The van der Waals surface area contributed by atoms with E-state index in [1.807, 2.05) is 23.6 Å². The topological polar surface area (TPSA) is 73.0 Å². The molecule has 0 bridgehead atoms. The Bertz CT molecular complexity index is 909. The molecule has 0 aliphatic heterocycles. The number of aromatic nitrogens is 3. The van der Waals surface area contributed by atoms with E-state index in [4.69, 9.17) is 4.42 Å². The van der Waals surface area contributed by atoms with Crippen molar-refractivity contribution in [1.82, 2.24) is 20.1 Å². The first kappa shape index (κ1) is 20.2. The van der Waals surface area contributed by atoms with Crippen molar-refractivity contribution < 1.29 is 9.21 Å². The maximum atomic E-state index is 11.8. The van der Waals surface area contributed by atoms with Crippen LogP contribution >= 0.6 is 11.8 Å². The fourth-order valence-corrected chi connectivity index (χ4v) is 3.58. The monoisotopic (exact) mass is 398 g/mol. The number of carbonyl (C=O) groups excluding carboxylic acids is 1. The molecule has 0 spiro atoms. The number of carbonyl (C=O) groups is 1. The second kappa shape index (κ2) is 8.65. The number of nitrogens with one attached hydrogen (secondary N) is 1. The zero-order chi connectivity index (χ0) is 20.1. The Labute approximate surface area is 169 Å². The van der Waals surface area contributed by atoms with Gasteiger partial charge in [0, 0.05) is 12.1 Å². The summed E-state index contributed by atoms with van der Waals surface area (Å²) in [4.78, 5) is 11.8. The van der Waals surface area contributed by atoms with E-state index in [9.17, 15) is 4.79 Å². The molecule has 3 rings (SSSR count). The molecular weight excluding hydrogens is 372 g/mol. The van der Waals surface area contributed by atoms with Crippen LogP contribution in [0.15, 0.2) is 52.2 Å². The number of amides is 1. The molecule has 6 nitrogen and oxygen atoms in total. The van der Waals surface area contributed by atoms with Gasteiger partial charge in [-0.3, -0.25) is 9.36 Å². The van der Waals surface area contributed by atoms with Gasteiger partial charge in [0.1, 0.15) is 5.76 Å². The lowest BCUT2D eigenvalue weighted by atomic mass is 9.87. The summed E-state index contributed by atoms with van der Waals surface area (Å²) in [5.74, 6) is 1.85. The summed E-state index contributed by atoms with van der Waals surface area (Å²) in [5.41, 5.74) is 2.34. The molecule has 0 fully saturated rings. The molecule has 0 saturated carbocycles. The van der Waals surface area contributed by atoms with E-state index in [1.54, 1.807) is 6.26 Å². The number of hydrogen-bond acceptors (Lipinski definition) is 5. The fourth-order valence-electron chi connectivity index (χ4n) is 2.81. The number of nitrogens with zero attached hydrogens (tertiary/aromatic N) is 3. The summed E-state index contributed by atoms with van der Waals surface area (Å²) in [6.45, 7) is 9.60. The summed E-state index contributed by atoms with van der Waals surface area (Å²) in [6, 6.07) is 12.2. The molecule has 0 aliphatic carbocycles. The van der Waals surface area contributed by atoms with Crippen molar-refractivity contribution in [3.8, 4) is 11.4 Å². The van der Waals surface area contributed by atoms with E-state index in [2.05, 4.69) is 60.6 Å². The van der Waals surface area contributed by atoms with Crippen LogP contribution in [0.1, 0.15) is 39.0 Å². The van der Waals surface area contributed by atoms with E-state index in [-0.39, 0.29) is 11.3 Å². The number of furan rings is 1. The Balaban J connectivity index is 1.90. The molecule has 0 saturated heterocycles. The molecular formula is C21H26N4O2S. The van der Waals surface area contributed by atoms with Crippen molar-refractivity contribution in [2.45, 2.75) is 44.8 Å². The van der Waals surface area contributed by atoms with Gasteiger partial charge in [0.05, 0.1) is 18.6 Å². The van der Waals surface area contributed by atoms with E-state index >= 15 is 0 Å². The van der Waals surface area contributed by atoms with Gasteiger partial charge in [-0.15, -0.1) is 10.2 Å². The van der Waals surface area contributed by atoms with E-state index in [0.29, 0.717) is 24.0 Å². The predicted molar refractivity (Wildman–Crippen MR) is 111 cm³/mol. The lowest BCUT2D eigenvalue weighted by molar-refractivity contribution is -0.118. The Morgan fingerprint density at radius 2 is 1.93 bits per heavy atom. The predicted octanol–water partition coefficient (Wildman–Crippen LogP) is 4.11. The van der Waals surface area contributed by atoms with E-state index < -0.39 is 0 Å². The Morgan fingerprint density at radius 1 is 1.18 bits per heavy atom. The highest BCUT2D eigenvalue weighted by Gasteiger charge is 2.18. The van der Waals surface area contributed by atoms with Gasteiger partial charge >= 0.3 is 0 Å². The SMILES string of the molecule is CCNC(=O)CSc1nnc(-c2ccc(C(C)(C)C)cc2)n1Cc1ccco1. The van der Waals surface area contributed by atoms with Crippen LogP contribution in [0.2, 0.25) is 0 Å². The van der Waals surface area contributed by atoms with Gasteiger partial charge in [0.15, 0.2) is 11.0 Å². The summed E-state index contributed by atoms with van der Waals surface area (Å²) in [6.07, 6.45) is 1.65. The number of rotatable bonds is 7. The van der Waals surface area contributed by atoms with Crippen LogP contribution in [0.25, 0.3) is 11.4 Å². The van der Waals surface area contributed by atoms with E-state index in [1.165, 1.54) is 17.3 Å². The smallest absolute Gasteiger partial charge is 0.230 e. The lowest BCUT2D eigenvalue weighted by Gasteiger charge is -2.19. The molecule has 28 heavy (non-hydrogen) atoms. The minimum absolute atomic E-state index is 0.0175. The summed E-state index contributed by atoms with van der Waals surface area (Å²) < 4.78 is 7.51. The van der Waals surface area contributed by atoms with E-state index in [0.717, 1.165) is 17.1 Å². The first-order valence-electron chi connectivity index (χ1n) is 9.34. The zero-order valence-electron chi connectivity index (χ0n) is 16.7. The second-order valence-electron chi connectivity index (χ2n) is 7.54. The third-order valence-corrected chi connectivity index (χ3v) is 5.29. The van der Waals surface area contributed by atoms with Crippen LogP contribution in [0.5, 0.6) is 0 Å². The standard InChI is InChI=1S/C21H26N4O2S/c1-5-22-18(26)14-28-20-24-23-19(25(20)13-17-7-6-12-27-17)15-8-10-16(11-9-15)21(2,3)4/h6-12H,5,13-14H2,1-4H3,(H,22,26). The zero-order valence-corrected chi connectivity index (χ0v) is 17.5. The van der Waals surface area contributed by atoms with Crippen LogP contribution in [0, 0.1) is 0 Å². The largest absolute Gasteiger partial charge is 0.467 e. The van der Waals surface area contributed by atoms with Gasteiger partial charge in [0.25, 0.3) is 0 Å². The van der Waals surface area contributed by atoms with Crippen LogP contribution < -0.4 is 5.32 Å². The molecule has 0 radical (unpaired) electrons. The van der Waals surface area contributed by atoms with Gasteiger partial charge in [-0.05, 0) is 30.0 Å². The van der Waals surface area contributed by atoms with Crippen molar-refractivity contribution >= 4 is 17.7 Å². The van der Waals surface area contributed by atoms with Crippen LogP contribution in [-0.4, -0.2) is 33.0 Å². The van der Waals surface area contributed by atoms with Crippen LogP contribution in [0.3, 0.4) is 0 Å². The summed E-state index contributed by atoms with van der Waals surface area (Å²) in [7, 11) is 0. The van der Waals surface area contributed by atoms with Gasteiger partial charge in [-0.2, -0.15) is 0 Å². The Morgan fingerprint density at radius 3 is 2.54 bits per heavy atom. The van der Waals surface area contributed by atoms with Gasteiger partial charge in [0.2, 0.25) is 5.91 Å². The molecule has 0 atom stereocenters. The minimum Gasteiger partial charge on any atom is -0.467 e. The average Bonchev–Trinajstić information content (AvgIpc) is 3.30. The quantitative estimate of drug-likeness (QED) is 0.606. The number of benzene rings is 1. The maximum absolute atomic E-state index is 11.8. The fraction of sp³-hybridized carbons (Fsp3) is 0.381. The highest BCUT2D eigenvalue weighted by Crippen LogP contribution is 2.28. The van der Waals surface area contributed by atoms with Crippen molar-refractivity contribution in [3.05, 3.63) is 54.0 Å². The van der Waals surface area contributed by atoms with Crippen molar-refractivity contribution in [2.24, 2.45) is 0 Å². The lowest BCUT2D eigenvalue weighted by Crippen LogP contribution is -2.24. The molecule has 148 valence electrons. The first-order valence-corrected chi connectivity index (χ1v) is 10.3. The summed E-state index contributed by atoms with van der Waals surface area (Å²) >= 11 is 1.38. The molecule has 3 aromatic rings. The normalized spacial score (nSPS) is 11.6. The molecule has 1 aromatic carbocycles. The van der Waals surface area contributed by atoms with Gasteiger partial charge in [-0.1, -0.05) is 56.8 Å². The molecule has 0 aliphatic rings. The molecule has 7 heteroatoms. The van der Waals surface area contributed by atoms with Crippen LogP contribution in [0.4, 0.5) is 0 Å². The van der Waals surface area contributed by atoms with Gasteiger partial charge < -0.3 is 9.73 Å². The molecule has 2 aromatic heterocycles. The number of hydrogen-bond donors (Lipinski definition) is 1. The van der Waals surface area contributed by atoms with Crippen molar-refractivity contribution in [1.29, 1.82) is 0 Å². The second-order valence-corrected chi connectivity index (χ2v) is 8.48. The van der Waals surface area contributed by atoms with Crippen molar-refractivity contribution in [3.63, 3.8) is 0 Å². The minimum atomic E-state index is -0.0175. The Kier molecular flexibility index (Phi) is 6.24. The number of thioether (sulfide) groups is 1. The van der Waals surface area contributed by atoms with Crippen LogP contribution in [-0.2, 0) is 16.8 Å². The van der Waals surface area contributed by atoms with Gasteiger partial charge in [-0.25, -0.2) is 0 Å². The molecule has 2 heterocycles. The maximum Gasteiger partial charge on any atom is 0.230 e. The highest BCUT2D eigenvalue weighted by molar-refractivity contribution is 7.99. The molecule has 0 unspecified atom stereocenters.